The molecular weight excluding hydrogens is 282 g/mol. The molecule has 0 bridgehead atoms. The Morgan fingerprint density at radius 3 is 2.62 bits per heavy atom. The number of likely N-dealkylation sites (tertiary alicyclic amines) is 1. The molecule has 0 aromatic carbocycles. The van der Waals surface area contributed by atoms with Crippen molar-refractivity contribution in [1.29, 1.82) is 0 Å². The largest absolute Gasteiger partial charge is 0.480 e. The summed E-state index contributed by atoms with van der Waals surface area (Å²) in [5.41, 5.74) is 5.16. The van der Waals surface area contributed by atoms with Crippen LogP contribution in [0.1, 0.15) is 19.3 Å². The molecule has 1 unspecified atom stereocenters. The summed E-state index contributed by atoms with van der Waals surface area (Å²) < 4.78 is 4.38. The Hall–Kier alpha value is -2.32. The van der Waals surface area contributed by atoms with Crippen molar-refractivity contribution in [2.45, 2.75) is 25.3 Å². The van der Waals surface area contributed by atoms with Gasteiger partial charge in [-0.25, -0.2) is 9.59 Å². The number of carboxylic acid groups (broad SMARTS) is 1. The smallest absolute Gasteiger partial charge is 0.326 e. The van der Waals surface area contributed by atoms with Gasteiger partial charge in [0.25, 0.3) is 0 Å². The van der Waals surface area contributed by atoms with Crippen LogP contribution in [0, 0.1) is 5.92 Å². The van der Waals surface area contributed by atoms with Gasteiger partial charge >= 0.3 is 18.0 Å². The molecule has 0 spiro atoms. The van der Waals surface area contributed by atoms with Gasteiger partial charge in [0.05, 0.1) is 19.4 Å². The second kappa shape index (κ2) is 7.46. The maximum Gasteiger partial charge on any atom is 0.326 e. The molecule has 3 amide bonds. The monoisotopic (exact) mass is 301 g/mol. The molecule has 1 heterocycles. The van der Waals surface area contributed by atoms with Crippen molar-refractivity contribution in [2.24, 2.45) is 11.7 Å². The zero-order valence-electron chi connectivity index (χ0n) is 11.7. The van der Waals surface area contributed by atoms with E-state index in [4.69, 9.17) is 10.8 Å². The number of hydrogen-bond donors (Lipinski definition) is 3. The lowest BCUT2D eigenvalue weighted by molar-refractivity contribution is -0.149. The number of primary amides is 1. The Balaban J connectivity index is 2.62. The molecule has 9 heteroatoms. The average molecular weight is 301 g/mol. The number of urea groups is 1. The number of ether oxygens (including phenoxy) is 1. The van der Waals surface area contributed by atoms with Crippen LogP contribution in [0.4, 0.5) is 4.79 Å². The van der Waals surface area contributed by atoms with Gasteiger partial charge in [-0.3, -0.25) is 9.59 Å². The van der Waals surface area contributed by atoms with E-state index in [0.29, 0.717) is 19.4 Å². The summed E-state index contributed by atoms with van der Waals surface area (Å²) in [6, 6.07) is -1.97. The van der Waals surface area contributed by atoms with Crippen LogP contribution in [0.25, 0.3) is 0 Å². The molecule has 1 aliphatic heterocycles. The van der Waals surface area contributed by atoms with Crippen LogP contribution in [0.5, 0.6) is 0 Å². The standard InChI is InChI=1S/C12H19N3O6/c1-21-9(16)5-8(11(18)19)14-10(17)7-3-2-4-15(6-7)12(13)20/h7-8H,2-6H2,1H3,(H2,13,20)(H,14,17)(H,18,19)/t7?,8-/m0/s1. The molecule has 2 atom stereocenters. The van der Waals surface area contributed by atoms with Crippen molar-refractivity contribution in [3.05, 3.63) is 0 Å². The number of carbonyl (C=O) groups excluding carboxylic acids is 3. The third kappa shape index (κ3) is 4.93. The maximum absolute atomic E-state index is 12.0. The fraction of sp³-hybridized carbons (Fsp3) is 0.667. The van der Waals surface area contributed by atoms with Gasteiger partial charge in [-0.15, -0.1) is 0 Å². The van der Waals surface area contributed by atoms with E-state index in [1.54, 1.807) is 0 Å². The topological polar surface area (TPSA) is 139 Å². The number of nitrogens with two attached hydrogens (primary N) is 1. The summed E-state index contributed by atoms with van der Waals surface area (Å²) in [4.78, 5) is 46.6. The highest BCUT2D eigenvalue weighted by atomic mass is 16.5. The molecule has 0 aromatic heterocycles. The van der Waals surface area contributed by atoms with Crippen molar-refractivity contribution in [1.82, 2.24) is 10.2 Å². The molecule has 21 heavy (non-hydrogen) atoms. The van der Waals surface area contributed by atoms with Gasteiger partial charge in [0.15, 0.2) is 0 Å². The van der Waals surface area contributed by atoms with Crippen LogP contribution in [-0.2, 0) is 19.1 Å². The second-order valence-corrected chi connectivity index (χ2v) is 4.80. The molecule has 0 saturated carbocycles. The van der Waals surface area contributed by atoms with Gasteiger partial charge in [-0.2, -0.15) is 0 Å². The second-order valence-electron chi connectivity index (χ2n) is 4.80. The number of carbonyl (C=O) groups is 4. The summed E-state index contributed by atoms with van der Waals surface area (Å²) in [6.45, 7) is 0.620. The fourth-order valence-electron chi connectivity index (χ4n) is 2.13. The zero-order valence-corrected chi connectivity index (χ0v) is 11.7. The van der Waals surface area contributed by atoms with Crippen LogP contribution in [0.15, 0.2) is 0 Å². The molecule has 1 saturated heterocycles. The van der Waals surface area contributed by atoms with E-state index < -0.39 is 42.3 Å². The molecular formula is C12H19N3O6. The molecule has 0 aromatic rings. The summed E-state index contributed by atoms with van der Waals surface area (Å²) in [7, 11) is 1.13. The number of methoxy groups -OCH3 is 1. The minimum Gasteiger partial charge on any atom is -0.480 e. The molecule has 118 valence electrons. The first-order valence-corrected chi connectivity index (χ1v) is 6.49. The van der Waals surface area contributed by atoms with E-state index in [1.165, 1.54) is 4.90 Å². The van der Waals surface area contributed by atoms with Crippen LogP contribution in [0.2, 0.25) is 0 Å². The summed E-state index contributed by atoms with van der Waals surface area (Å²) in [5.74, 6) is -3.11. The quantitative estimate of drug-likeness (QED) is 0.551. The maximum atomic E-state index is 12.0. The zero-order chi connectivity index (χ0) is 16.0. The third-order valence-electron chi connectivity index (χ3n) is 3.32. The van der Waals surface area contributed by atoms with Gasteiger partial charge in [-0.05, 0) is 12.8 Å². The lowest BCUT2D eigenvalue weighted by Gasteiger charge is -2.31. The number of rotatable bonds is 5. The molecule has 0 aliphatic carbocycles. The first-order valence-electron chi connectivity index (χ1n) is 6.49. The minimum absolute atomic E-state index is 0.145. The summed E-state index contributed by atoms with van der Waals surface area (Å²) in [6.07, 6.45) is 0.680. The highest BCUT2D eigenvalue weighted by Crippen LogP contribution is 2.16. The van der Waals surface area contributed by atoms with Gasteiger partial charge in [0, 0.05) is 13.1 Å². The summed E-state index contributed by atoms with van der Waals surface area (Å²) >= 11 is 0. The van der Waals surface area contributed by atoms with Crippen molar-refractivity contribution < 1.29 is 29.0 Å². The molecule has 4 N–H and O–H groups in total. The van der Waals surface area contributed by atoms with E-state index in [9.17, 15) is 19.2 Å². The Morgan fingerprint density at radius 2 is 2.10 bits per heavy atom. The molecule has 0 radical (unpaired) electrons. The van der Waals surface area contributed by atoms with Gasteiger partial charge in [-0.1, -0.05) is 0 Å². The van der Waals surface area contributed by atoms with Crippen LogP contribution < -0.4 is 11.1 Å². The average Bonchev–Trinajstić information content (AvgIpc) is 2.46. The highest BCUT2D eigenvalue weighted by molar-refractivity contribution is 5.88. The van der Waals surface area contributed by atoms with E-state index in [2.05, 4.69) is 10.1 Å². The van der Waals surface area contributed by atoms with Crippen molar-refractivity contribution in [3.63, 3.8) is 0 Å². The Bertz CT molecular complexity index is 439. The first-order chi connectivity index (χ1) is 9.85. The number of nitrogens with one attached hydrogen (secondary N) is 1. The molecule has 1 aliphatic rings. The number of carboxylic acids is 1. The number of amides is 3. The predicted octanol–water partition coefficient (Wildman–Crippen LogP) is -1.09. The van der Waals surface area contributed by atoms with E-state index in [0.717, 1.165) is 7.11 Å². The van der Waals surface area contributed by atoms with E-state index in [-0.39, 0.29) is 6.54 Å². The van der Waals surface area contributed by atoms with Crippen LogP contribution in [0.3, 0.4) is 0 Å². The van der Waals surface area contributed by atoms with E-state index >= 15 is 0 Å². The predicted molar refractivity (Wildman–Crippen MR) is 70.1 cm³/mol. The normalized spacial score (nSPS) is 19.5. The molecule has 1 rings (SSSR count). The summed E-state index contributed by atoms with van der Waals surface area (Å²) in [5, 5.41) is 11.3. The van der Waals surface area contributed by atoms with Crippen molar-refractivity contribution in [2.75, 3.05) is 20.2 Å². The van der Waals surface area contributed by atoms with Crippen LogP contribution >= 0.6 is 0 Å². The number of piperidine rings is 1. The lowest BCUT2D eigenvalue weighted by Crippen LogP contribution is -2.50. The first kappa shape index (κ1) is 16.7. The van der Waals surface area contributed by atoms with E-state index in [1.807, 2.05) is 0 Å². The van der Waals surface area contributed by atoms with Gasteiger partial charge in [0.1, 0.15) is 6.04 Å². The Kier molecular flexibility index (Phi) is 5.94. The number of nitrogens with zero attached hydrogens (tertiary/aromatic N) is 1. The number of esters is 1. The van der Waals surface area contributed by atoms with Gasteiger partial charge < -0.3 is 25.8 Å². The van der Waals surface area contributed by atoms with Crippen LogP contribution in [-0.4, -0.2) is 60.1 Å². The third-order valence-corrected chi connectivity index (χ3v) is 3.32. The number of hydrogen-bond acceptors (Lipinski definition) is 5. The SMILES string of the molecule is COC(=O)C[C@H](NC(=O)C1CCCN(C(N)=O)C1)C(=O)O. The lowest BCUT2D eigenvalue weighted by atomic mass is 9.97. The fourth-order valence-corrected chi connectivity index (χ4v) is 2.13. The molecule has 9 nitrogen and oxygen atoms in total. The Morgan fingerprint density at radius 1 is 1.43 bits per heavy atom. The number of aliphatic carboxylic acids is 1. The van der Waals surface area contributed by atoms with Gasteiger partial charge in [0.2, 0.25) is 5.91 Å². The van der Waals surface area contributed by atoms with Crippen molar-refractivity contribution >= 4 is 23.9 Å². The van der Waals surface area contributed by atoms with Crippen molar-refractivity contribution in [3.8, 4) is 0 Å². The Labute approximate surface area is 121 Å². The minimum atomic E-state index is -1.35. The molecule has 1 fully saturated rings. The highest BCUT2D eigenvalue weighted by Gasteiger charge is 2.31.